The van der Waals surface area contributed by atoms with Crippen LogP contribution in [-0.4, -0.2) is 4.98 Å². The third kappa shape index (κ3) is 3.61. The average molecular weight is 360 g/mol. The Labute approximate surface area is 128 Å². The second kappa shape index (κ2) is 6.13. The predicted octanol–water partition coefficient (Wildman–Crippen LogP) is 3.72. The van der Waals surface area contributed by atoms with Crippen LogP contribution in [0.2, 0.25) is 0 Å². The number of halogens is 4. The molecule has 3 nitrogen and oxygen atoms in total. The highest BCUT2D eigenvalue weighted by molar-refractivity contribution is 9.10. The Morgan fingerprint density at radius 3 is 2.43 bits per heavy atom. The summed E-state index contributed by atoms with van der Waals surface area (Å²) in [4.78, 5) is 4.23. The van der Waals surface area contributed by atoms with E-state index in [0.717, 1.165) is 16.6 Å². The van der Waals surface area contributed by atoms with Crippen LogP contribution < -0.4 is 11.3 Å². The van der Waals surface area contributed by atoms with Crippen molar-refractivity contribution in [3.63, 3.8) is 0 Å². The van der Waals surface area contributed by atoms with Crippen LogP contribution in [0.5, 0.6) is 0 Å². The summed E-state index contributed by atoms with van der Waals surface area (Å²) in [5.74, 6) is 5.54. The molecular formula is C14H13BrF3N3. The largest absolute Gasteiger partial charge is 0.416 e. The van der Waals surface area contributed by atoms with Crippen molar-refractivity contribution >= 4 is 15.9 Å². The molecule has 0 saturated heterocycles. The Morgan fingerprint density at radius 1 is 1.24 bits per heavy atom. The van der Waals surface area contributed by atoms with Gasteiger partial charge in [0, 0.05) is 10.7 Å². The molecule has 0 aliphatic rings. The van der Waals surface area contributed by atoms with Gasteiger partial charge in [-0.15, -0.1) is 0 Å². The second-order valence-corrected chi connectivity index (χ2v) is 5.49. The van der Waals surface area contributed by atoms with E-state index >= 15 is 0 Å². The molecule has 0 spiro atoms. The molecule has 0 saturated carbocycles. The lowest BCUT2D eigenvalue weighted by molar-refractivity contribution is -0.137. The van der Waals surface area contributed by atoms with E-state index in [1.54, 1.807) is 25.3 Å². The van der Waals surface area contributed by atoms with Crippen LogP contribution in [0.3, 0.4) is 0 Å². The van der Waals surface area contributed by atoms with Crippen molar-refractivity contribution in [3.05, 3.63) is 63.4 Å². The fourth-order valence-corrected chi connectivity index (χ4v) is 2.30. The molecule has 1 heterocycles. The lowest BCUT2D eigenvalue weighted by atomic mass is 9.96. The van der Waals surface area contributed by atoms with E-state index in [0.29, 0.717) is 16.8 Å². The van der Waals surface area contributed by atoms with E-state index in [1.165, 1.54) is 6.07 Å². The number of hydrogen-bond acceptors (Lipinski definition) is 3. The Kier molecular flexibility index (Phi) is 4.65. The van der Waals surface area contributed by atoms with Crippen LogP contribution in [0.15, 0.2) is 41.0 Å². The van der Waals surface area contributed by atoms with Gasteiger partial charge in [-0.1, -0.05) is 6.07 Å². The lowest BCUT2D eigenvalue weighted by Crippen LogP contribution is -2.30. The molecule has 0 amide bonds. The molecule has 7 heteroatoms. The van der Waals surface area contributed by atoms with Crippen molar-refractivity contribution in [1.29, 1.82) is 0 Å². The second-order valence-electron chi connectivity index (χ2n) is 4.57. The Hall–Kier alpha value is -1.44. The quantitative estimate of drug-likeness (QED) is 0.648. The maximum absolute atomic E-state index is 12.7. The van der Waals surface area contributed by atoms with Crippen molar-refractivity contribution in [3.8, 4) is 0 Å². The van der Waals surface area contributed by atoms with E-state index in [2.05, 4.69) is 26.3 Å². The van der Waals surface area contributed by atoms with Gasteiger partial charge >= 0.3 is 6.18 Å². The summed E-state index contributed by atoms with van der Waals surface area (Å²) in [6, 6.07) is 6.66. The maximum atomic E-state index is 12.7. The van der Waals surface area contributed by atoms with Gasteiger partial charge in [0.1, 0.15) is 0 Å². The van der Waals surface area contributed by atoms with Gasteiger partial charge in [0.25, 0.3) is 0 Å². The molecule has 3 N–H and O–H groups in total. The number of benzene rings is 1. The first-order chi connectivity index (χ1) is 9.82. The number of aryl methyl sites for hydroxylation is 1. The zero-order chi connectivity index (χ0) is 15.6. The predicted molar refractivity (Wildman–Crippen MR) is 77.3 cm³/mol. The van der Waals surface area contributed by atoms with Crippen molar-refractivity contribution in [2.75, 3.05) is 0 Å². The first-order valence-corrected chi connectivity index (χ1v) is 6.87. The zero-order valence-electron chi connectivity index (χ0n) is 11.1. The topological polar surface area (TPSA) is 50.9 Å². The molecule has 2 aromatic rings. The van der Waals surface area contributed by atoms with E-state index < -0.39 is 17.8 Å². The summed E-state index contributed by atoms with van der Waals surface area (Å²) in [6.07, 6.45) is -2.75. The van der Waals surface area contributed by atoms with Gasteiger partial charge in [0.15, 0.2) is 0 Å². The fraction of sp³-hybridized carbons (Fsp3) is 0.214. The van der Waals surface area contributed by atoms with Gasteiger partial charge in [-0.05, 0) is 58.2 Å². The van der Waals surface area contributed by atoms with Gasteiger partial charge in [-0.25, -0.2) is 5.43 Å². The van der Waals surface area contributed by atoms with Crippen LogP contribution in [0.1, 0.15) is 28.4 Å². The minimum Gasteiger partial charge on any atom is -0.271 e. The average Bonchev–Trinajstić information content (AvgIpc) is 2.42. The molecule has 1 unspecified atom stereocenters. The van der Waals surface area contributed by atoms with Gasteiger partial charge in [0.2, 0.25) is 0 Å². The molecule has 1 aromatic carbocycles. The molecule has 21 heavy (non-hydrogen) atoms. The van der Waals surface area contributed by atoms with Crippen molar-refractivity contribution in [2.45, 2.75) is 19.1 Å². The SMILES string of the molecule is Cc1cc(C(F)(F)F)ccc1C(NN)c1ccc(Br)cn1. The van der Waals surface area contributed by atoms with E-state index in [1.807, 2.05) is 0 Å². The molecule has 1 atom stereocenters. The van der Waals surface area contributed by atoms with Crippen molar-refractivity contribution in [1.82, 2.24) is 10.4 Å². The number of nitrogens with two attached hydrogens (primary N) is 1. The summed E-state index contributed by atoms with van der Waals surface area (Å²) < 4.78 is 38.9. The number of aromatic nitrogens is 1. The summed E-state index contributed by atoms with van der Waals surface area (Å²) >= 11 is 3.28. The summed E-state index contributed by atoms with van der Waals surface area (Å²) in [5, 5.41) is 0. The molecule has 2 rings (SSSR count). The Bertz CT molecular complexity index is 626. The van der Waals surface area contributed by atoms with Crippen molar-refractivity contribution < 1.29 is 13.2 Å². The number of hydrogen-bond donors (Lipinski definition) is 2. The van der Waals surface area contributed by atoms with E-state index in [9.17, 15) is 13.2 Å². The molecule has 0 aliphatic heterocycles. The number of hydrazine groups is 1. The van der Waals surface area contributed by atoms with Crippen LogP contribution in [0.25, 0.3) is 0 Å². The summed E-state index contributed by atoms with van der Waals surface area (Å²) in [7, 11) is 0. The number of pyridine rings is 1. The molecule has 0 aliphatic carbocycles. The smallest absolute Gasteiger partial charge is 0.271 e. The normalized spacial score (nSPS) is 13.2. The Balaban J connectivity index is 2.41. The number of nitrogens with one attached hydrogen (secondary N) is 1. The minimum absolute atomic E-state index is 0.472. The van der Waals surface area contributed by atoms with Gasteiger partial charge < -0.3 is 0 Å². The number of nitrogens with zero attached hydrogens (tertiary/aromatic N) is 1. The number of rotatable bonds is 3. The van der Waals surface area contributed by atoms with Crippen molar-refractivity contribution in [2.24, 2.45) is 5.84 Å². The van der Waals surface area contributed by atoms with Crippen LogP contribution in [-0.2, 0) is 6.18 Å². The molecule has 0 bridgehead atoms. The van der Waals surface area contributed by atoms with E-state index in [-0.39, 0.29) is 0 Å². The summed E-state index contributed by atoms with van der Waals surface area (Å²) in [5.41, 5.74) is 3.70. The molecule has 112 valence electrons. The third-order valence-corrected chi connectivity index (χ3v) is 3.59. The highest BCUT2D eigenvalue weighted by Gasteiger charge is 2.31. The molecule has 0 radical (unpaired) electrons. The standard InChI is InChI=1S/C14H13BrF3N3/c1-8-6-9(14(16,17)18)2-4-11(8)13(21-19)12-5-3-10(15)7-20-12/h2-7,13,21H,19H2,1H3. The number of alkyl halides is 3. The summed E-state index contributed by atoms with van der Waals surface area (Å²) in [6.45, 7) is 1.62. The highest BCUT2D eigenvalue weighted by atomic mass is 79.9. The lowest BCUT2D eigenvalue weighted by Gasteiger charge is -2.19. The third-order valence-electron chi connectivity index (χ3n) is 3.12. The Morgan fingerprint density at radius 2 is 1.95 bits per heavy atom. The van der Waals surface area contributed by atoms with Crippen LogP contribution in [0, 0.1) is 6.92 Å². The van der Waals surface area contributed by atoms with Crippen LogP contribution >= 0.6 is 15.9 Å². The zero-order valence-corrected chi connectivity index (χ0v) is 12.7. The van der Waals surface area contributed by atoms with Gasteiger partial charge in [-0.2, -0.15) is 13.2 Å². The maximum Gasteiger partial charge on any atom is 0.416 e. The van der Waals surface area contributed by atoms with E-state index in [4.69, 9.17) is 5.84 Å². The van der Waals surface area contributed by atoms with Gasteiger partial charge in [0.05, 0.1) is 17.3 Å². The first kappa shape index (κ1) is 15.9. The molecule has 0 fully saturated rings. The fourth-order valence-electron chi connectivity index (χ4n) is 2.07. The van der Waals surface area contributed by atoms with Gasteiger partial charge in [-0.3, -0.25) is 10.8 Å². The first-order valence-electron chi connectivity index (χ1n) is 6.08. The minimum atomic E-state index is -4.36. The molecular weight excluding hydrogens is 347 g/mol. The van der Waals surface area contributed by atoms with Crippen LogP contribution in [0.4, 0.5) is 13.2 Å². The highest BCUT2D eigenvalue weighted by Crippen LogP contribution is 2.32. The molecule has 1 aromatic heterocycles. The monoisotopic (exact) mass is 359 g/mol.